The van der Waals surface area contributed by atoms with Crippen molar-refractivity contribution in [3.8, 4) is 44.9 Å². The Bertz CT molecular complexity index is 7500. The molecule has 141 heavy (non-hydrogen) atoms. The quantitative estimate of drug-likeness (QED) is 0.0359. The van der Waals surface area contributed by atoms with Crippen LogP contribution in [0.4, 0.5) is 70.6 Å². The van der Waals surface area contributed by atoms with Gasteiger partial charge in [0.2, 0.25) is 0 Å². The molecule has 34 nitrogen and oxygen atoms in total. The molecule has 1 atom stereocenters. The first-order chi connectivity index (χ1) is 68.5. The summed E-state index contributed by atoms with van der Waals surface area (Å²) in [5.41, 5.74) is 22.6. The van der Waals surface area contributed by atoms with Crippen molar-refractivity contribution in [2.75, 3.05) is 116 Å². The molecule has 0 unspecified atom stereocenters. The summed E-state index contributed by atoms with van der Waals surface area (Å²) < 4.78 is 66.0. The number of benzene rings is 3. The number of hydrogen-bond acceptors (Lipinski definition) is 26. The summed E-state index contributed by atoms with van der Waals surface area (Å²) in [6.07, 6.45) is 23.6. The van der Waals surface area contributed by atoms with Gasteiger partial charge in [0.1, 0.15) is 35.2 Å². The van der Waals surface area contributed by atoms with Crippen LogP contribution in [0.5, 0.6) is 0 Å². The maximum Gasteiger partial charge on any atom is 0.254 e. The SMILES string of the molecule is Cc1ccc2c(-c3ccc(Nc4ccc(CN5CCOCC5)cn4)c4c3CNC4=O)cnn2c1.Cc1ccn2c(-c3ccc(Nc4ccc(CN5CCOCC5)cn4)c4c3CNC4=O)cnc2c1F.Cc1ccn2c(-c3ncc(Nc4ccc(N5CCO[C@@H](C(C)(C)O)C5)cn4)c4c3CNC4=O)cnc2c1F.O=C1NCc2c(-c3cnn4cc(F)ccc34)ccc(Nc3ccc(N4CCC(O)CC4)cn3)c21. The molecule has 0 saturated carbocycles. The number of nitrogens with one attached hydrogen (secondary N) is 8. The number of anilines is 10. The Morgan fingerprint density at radius 2 is 0.872 bits per heavy atom. The van der Waals surface area contributed by atoms with Gasteiger partial charge in [0.15, 0.2) is 22.9 Å². The molecule has 24 rings (SSSR count). The van der Waals surface area contributed by atoms with Gasteiger partial charge in [-0.3, -0.25) is 42.8 Å². The van der Waals surface area contributed by atoms with E-state index < -0.39 is 5.60 Å². The molecule has 8 aliphatic heterocycles. The van der Waals surface area contributed by atoms with Gasteiger partial charge in [-0.05, 0) is 188 Å². The number of fused-ring (bicyclic) bond motifs is 8. The van der Waals surface area contributed by atoms with Crippen LogP contribution in [0.2, 0.25) is 0 Å². The second-order valence-electron chi connectivity index (χ2n) is 36.6. The fraction of sp³-hybridized carbons (Fsp3) is 0.279. The Morgan fingerprint density at radius 3 is 1.37 bits per heavy atom. The second-order valence-corrected chi connectivity index (χ2v) is 36.6. The number of carbonyl (C=O) groups is 4. The molecular weight excluding hydrogens is 1800 g/mol. The highest BCUT2D eigenvalue weighted by Gasteiger charge is 2.36. The van der Waals surface area contributed by atoms with Crippen molar-refractivity contribution in [1.82, 2.24) is 94.0 Å². The summed E-state index contributed by atoms with van der Waals surface area (Å²) in [6, 6.07) is 38.0. The van der Waals surface area contributed by atoms with Gasteiger partial charge in [0.25, 0.3) is 23.6 Å². The van der Waals surface area contributed by atoms with E-state index in [1.807, 2.05) is 109 Å². The predicted molar refractivity (Wildman–Crippen MR) is 527 cm³/mol. The average molecular weight is 1900 g/mol. The van der Waals surface area contributed by atoms with Crippen molar-refractivity contribution in [2.45, 2.75) is 105 Å². The zero-order chi connectivity index (χ0) is 96.8. The lowest BCUT2D eigenvalue weighted by Gasteiger charge is -2.39. The van der Waals surface area contributed by atoms with E-state index >= 15 is 0 Å². The van der Waals surface area contributed by atoms with Crippen LogP contribution in [0.3, 0.4) is 0 Å². The minimum atomic E-state index is -0.940. The molecule has 4 amide bonds. The van der Waals surface area contributed by atoms with Crippen molar-refractivity contribution >= 4 is 103 Å². The van der Waals surface area contributed by atoms with Gasteiger partial charge in [0, 0.05) is 145 Å². The molecule has 10 N–H and O–H groups in total. The van der Waals surface area contributed by atoms with Gasteiger partial charge in [-0.1, -0.05) is 36.4 Å². The van der Waals surface area contributed by atoms with Crippen LogP contribution < -0.4 is 52.3 Å². The summed E-state index contributed by atoms with van der Waals surface area (Å²) in [7, 11) is 0. The second kappa shape index (κ2) is 39.0. The van der Waals surface area contributed by atoms with Gasteiger partial charge in [0.05, 0.1) is 179 Å². The fourth-order valence-electron chi connectivity index (χ4n) is 19.2. The molecule has 4 fully saturated rings. The fourth-order valence-corrected chi connectivity index (χ4v) is 19.2. The molecule has 0 radical (unpaired) electrons. The molecule has 21 heterocycles. The van der Waals surface area contributed by atoms with E-state index in [1.165, 1.54) is 16.8 Å². The lowest BCUT2D eigenvalue weighted by molar-refractivity contribution is -0.0928. The zero-order valence-electron chi connectivity index (χ0n) is 78.0. The number of pyridine rings is 9. The monoisotopic (exact) mass is 1900 g/mol. The Hall–Kier alpha value is -15.6. The third-order valence-electron chi connectivity index (χ3n) is 26.9. The van der Waals surface area contributed by atoms with Crippen LogP contribution in [0.25, 0.3) is 67.2 Å². The van der Waals surface area contributed by atoms with Gasteiger partial charge < -0.3 is 76.8 Å². The van der Waals surface area contributed by atoms with Crippen molar-refractivity contribution in [1.29, 1.82) is 0 Å². The van der Waals surface area contributed by atoms with E-state index in [9.17, 15) is 42.6 Å². The van der Waals surface area contributed by atoms with Crippen LogP contribution in [-0.4, -0.2) is 210 Å². The lowest BCUT2D eigenvalue weighted by Crippen LogP contribution is -2.52. The number of aryl methyl sites for hydroxylation is 3. The Kier molecular flexibility index (Phi) is 25.4. The summed E-state index contributed by atoms with van der Waals surface area (Å²) in [4.78, 5) is 91.6. The van der Waals surface area contributed by atoms with Crippen molar-refractivity contribution < 1.29 is 56.8 Å². The number of halogens is 3. The van der Waals surface area contributed by atoms with Crippen molar-refractivity contribution in [3.05, 3.63) is 292 Å². The number of aliphatic hydroxyl groups is 2. The molecule has 3 aromatic carbocycles. The van der Waals surface area contributed by atoms with E-state index in [-0.39, 0.29) is 64.6 Å². The first-order valence-corrected chi connectivity index (χ1v) is 47.0. The molecule has 0 aliphatic carbocycles. The van der Waals surface area contributed by atoms with E-state index in [4.69, 9.17) is 14.2 Å². The Morgan fingerprint density at radius 1 is 0.426 bits per heavy atom. The van der Waals surface area contributed by atoms with Crippen molar-refractivity contribution in [2.24, 2.45) is 0 Å². The zero-order valence-corrected chi connectivity index (χ0v) is 78.0. The summed E-state index contributed by atoms with van der Waals surface area (Å²) in [5, 5.41) is 53.7. The third kappa shape index (κ3) is 18.8. The van der Waals surface area contributed by atoms with E-state index in [1.54, 1.807) is 98.1 Å². The number of carbonyl (C=O) groups excluding carboxylic acids is 4. The number of aromatic nitrogens is 13. The summed E-state index contributed by atoms with van der Waals surface area (Å²) >= 11 is 0. The minimum absolute atomic E-state index is 0.0735. The first kappa shape index (κ1) is 91.8. The number of morpholine rings is 3. The van der Waals surface area contributed by atoms with Crippen LogP contribution >= 0.6 is 0 Å². The molecule has 37 heteroatoms. The van der Waals surface area contributed by atoms with Gasteiger partial charge in [-0.2, -0.15) is 10.2 Å². The third-order valence-corrected chi connectivity index (χ3v) is 26.9. The topological polar surface area (TPSA) is 379 Å². The normalized spacial score (nSPS) is 16.4. The Balaban J connectivity index is 0.000000112. The maximum absolute atomic E-state index is 14.6. The average Bonchev–Trinajstić information content (AvgIpc) is 1.59. The van der Waals surface area contributed by atoms with E-state index in [2.05, 4.69) is 138 Å². The number of piperidine rings is 1. The number of hydrogen-bond donors (Lipinski definition) is 10. The molecule has 718 valence electrons. The highest BCUT2D eigenvalue weighted by atomic mass is 19.1. The number of imidazole rings is 2. The van der Waals surface area contributed by atoms with Gasteiger partial charge >= 0.3 is 0 Å². The van der Waals surface area contributed by atoms with E-state index in [0.29, 0.717) is 137 Å². The van der Waals surface area contributed by atoms with Crippen molar-refractivity contribution in [3.63, 3.8) is 0 Å². The standard InChI is InChI=1S/C27H28FN7O3.C26H25FN6O2.C26H26N6O2.C25H23FN6O2/c1-15-6-7-35-19(13-31-25(35)23(15)28)24-17-11-32-26(36)22(17)18(12-30-24)33-21-5-4-16(10-29-21)34-8-9-38-20(14-34)27(2,3)37;1-16-6-7-33-21(14-29-25(33)24(16)27)18-3-4-20(23-19(18)13-30-26(23)34)31-22-5-2-17(12-28-22)15-32-8-10-35-11-9-32;1-17-2-6-23-20(14-29-32(23)15-17)19-4-5-22(25-21(19)13-28-26(25)33)30-24-7-3-18(12-27-24)16-31-8-10-34-11-9-31;26-15-1-5-22-19(13-29-32(22)14-15)18-3-4-21(24-20(18)12-28-25(24)34)30-23-6-2-16(11-27-23)31-9-7-17(33)8-10-31/h4-7,10,12-13,20,37H,8-9,11,14H2,1-3H3,(H,29,33)(H,32,36);2-7,12,14H,8-11,13,15H2,1H3,(H,28,31)(H,30,34);2-7,12,14-15H,8-11,13,16H2,1H3,(H,27,30)(H,28,33);1-6,11,13-14,17,33H,7-10,12H2,(H,27,30)(H,28,34)/t20-;;;/m1.../s1. The lowest BCUT2D eigenvalue weighted by atomic mass is 9.96. The molecule has 4 saturated heterocycles. The van der Waals surface area contributed by atoms with Crippen LogP contribution in [0.15, 0.2) is 202 Å². The van der Waals surface area contributed by atoms with Gasteiger partial charge in [-0.25, -0.2) is 52.1 Å². The first-order valence-electron chi connectivity index (χ1n) is 47.0. The number of ether oxygens (including phenoxy) is 3. The summed E-state index contributed by atoms with van der Waals surface area (Å²) in [6.45, 7) is 22.5. The number of nitrogens with zero attached hydrogens (tertiary/aromatic N) is 17. The van der Waals surface area contributed by atoms with Crippen LogP contribution in [0, 0.1) is 38.2 Å². The van der Waals surface area contributed by atoms with E-state index in [0.717, 1.165) is 187 Å². The molecule has 0 bridgehead atoms. The molecular formula is C104H102F3N25O9. The highest BCUT2D eigenvalue weighted by molar-refractivity contribution is 6.09. The van der Waals surface area contributed by atoms with Crippen LogP contribution in [-0.2, 0) is 53.5 Å². The number of rotatable bonds is 19. The number of aliphatic hydroxyl groups excluding tert-OH is 1. The molecule has 0 spiro atoms. The minimum Gasteiger partial charge on any atom is -0.393 e. The molecule has 16 aromatic rings. The Labute approximate surface area is 807 Å². The largest absolute Gasteiger partial charge is 0.393 e. The smallest absolute Gasteiger partial charge is 0.254 e. The highest BCUT2D eigenvalue weighted by Crippen LogP contribution is 2.43. The molecule has 13 aromatic heterocycles. The predicted octanol–water partition coefficient (Wildman–Crippen LogP) is 13.9. The maximum atomic E-state index is 14.6. The number of amides is 4. The summed E-state index contributed by atoms with van der Waals surface area (Å²) in [5.74, 6) is 0.905. The molecule has 8 aliphatic rings. The van der Waals surface area contributed by atoms with Gasteiger partial charge in [-0.15, -0.1) is 0 Å². The van der Waals surface area contributed by atoms with Crippen LogP contribution in [0.1, 0.15) is 118 Å².